The van der Waals surface area contributed by atoms with Gasteiger partial charge < -0.3 is 9.47 Å². The molecule has 0 atom stereocenters. The van der Waals surface area contributed by atoms with Crippen LogP contribution in [0.5, 0.6) is 0 Å². The van der Waals surface area contributed by atoms with Crippen LogP contribution in [0.25, 0.3) is 0 Å². The fraction of sp³-hybridized carbons (Fsp3) is 0.818. The van der Waals surface area contributed by atoms with E-state index in [0.29, 0.717) is 88.4 Å². The number of aromatic nitrogens is 3. The summed E-state index contributed by atoms with van der Waals surface area (Å²) in [5.41, 5.74) is 1.02. The zero-order valence-corrected chi connectivity index (χ0v) is 22.7. The van der Waals surface area contributed by atoms with Crippen LogP contribution >= 0.6 is 0 Å². The van der Waals surface area contributed by atoms with Gasteiger partial charge in [0.25, 0.3) is 0 Å². The van der Waals surface area contributed by atoms with Crippen molar-refractivity contribution in [1.29, 1.82) is 0 Å². The molecule has 0 fully saturated rings. The Morgan fingerprint density at radius 2 is 1.64 bits per heavy atom. The van der Waals surface area contributed by atoms with Gasteiger partial charge in [0.05, 0.1) is 26.4 Å². The predicted molar refractivity (Wildman–Crippen MR) is 118 cm³/mol. The van der Waals surface area contributed by atoms with Crippen molar-refractivity contribution in [1.82, 2.24) is 15.2 Å². The minimum atomic E-state index is -0.351. The Morgan fingerprint density at radius 3 is 2.24 bits per heavy atom. The van der Waals surface area contributed by atoms with Crippen molar-refractivity contribution >= 4 is 9.70 Å². The summed E-state index contributed by atoms with van der Waals surface area (Å²) in [5, 5.41) is 7.01. The van der Waals surface area contributed by atoms with Crippen LogP contribution in [0.2, 0.25) is 0 Å². The maximum absolute atomic E-state index is 12.0. The van der Waals surface area contributed by atoms with Crippen LogP contribution in [0.15, 0.2) is 6.20 Å². The Balaban J connectivity index is 1.88. The van der Waals surface area contributed by atoms with Gasteiger partial charge in [-0.1, -0.05) is 19.1 Å². The number of nitrogens with zero attached hydrogens (tertiary/aromatic N) is 3. The minimum Gasteiger partial charge on any atom is -0.377 e. The number of hydrogen-bond donors (Lipinski definition) is 1. The number of rotatable bonds is 21. The molecule has 1 aromatic heterocycles. The van der Waals surface area contributed by atoms with Crippen molar-refractivity contribution in [2.45, 2.75) is 46.3 Å². The molecule has 0 saturated carbocycles. The molecule has 33 heavy (non-hydrogen) atoms. The van der Waals surface area contributed by atoms with Gasteiger partial charge in [-0.15, -0.1) is 0 Å². The van der Waals surface area contributed by atoms with Gasteiger partial charge in [-0.3, -0.25) is 0 Å². The average molecular weight is 584 g/mol. The monoisotopic (exact) mass is 584 g/mol. The quantitative estimate of drug-likeness (QED) is 0.0575. The van der Waals surface area contributed by atoms with Gasteiger partial charge in [0.15, 0.2) is 5.69 Å². The van der Waals surface area contributed by atoms with Crippen molar-refractivity contribution < 1.29 is 54.4 Å². The number of likely N-dealkylation sites (N-methyl/N-ethyl adjacent to an activating group) is 1. The Hall–Kier alpha value is -1.15. The Morgan fingerprint density at radius 1 is 1.03 bits per heavy atom. The molecular formula is C22H41IN4O6. The molecular weight excluding hydrogens is 543 g/mol. The average Bonchev–Trinajstić information content (AvgIpc) is 3.22. The normalized spacial score (nSPS) is 11.4. The Bertz CT molecular complexity index is 659. The Kier molecular flexibility index (Phi) is 17.4. The van der Waals surface area contributed by atoms with Gasteiger partial charge in [-0.05, 0) is 5.92 Å². The molecule has 1 N–H and O–H groups in total. The van der Waals surface area contributed by atoms with E-state index in [4.69, 9.17) is 18.9 Å². The van der Waals surface area contributed by atoms with Crippen molar-refractivity contribution in [3.05, 3.63) is 11.9 Å². The summed E-state index contributed by atoms with van der Waals surface area (Å²) in [6.07, 6.45) is 3.37. The molecule has 0 aliphatic heterocycles. The van der Waals surface area contributed by atoms with Gasteiger partial charge in [-0.25, -0.2) is 0 Å². The summed E-state index contributed by atoms with van der Waals surface area (Å²) in [4.78, 5) is 26.9. The number of amides is 1. The molecule has 1 amide bonds. The first-order chi connectivity index (χ1) is 15.9. The van der Waals surface area contributed by atoms with Crippen molar-refractivity contribution in [2.75, 3.05) is 64.8 Å². The van der Waals surface area contributed by atoms with Gasteiger partial charge in [-0.2, -0.15) is 4.68 Å². The predicted octanol–water partition coefficient (Wildman–Crippen LogP) is -2.21. The number of carbonyl (C=O) groups is 2. The van der Waals surface area contributed by atoms with Crippen LogP contribution < -0.4 is 25.9 Å². The third-order valence-electron chi connectivity index (χ3n) is 4.62. The molecule has 192 valence electrons. The second kappa shape index (κ2) is 19.2. The minimum absolute atomic E-state index is 0.0533. The van der Waals surface area contributed by atoms with Crippen LogP contribution in [-0.2, 0) is 41.7 Å². The molecule has 1 rings (SSSR count). The van der Waals surface area contributed by atoms with E-state index < -0.39 is 0 Å². The zero-order chi connectivity index (χ0) is 24.3. The summed E-state index contributed by atoms with van der Waals surface area (Å²) in [6, 6.07) is 0. The molecule has 0 aliphatic rings. The van der Waals surface area contributed by atoms with E-state index in [1.54, 1.807) is 18.1 Å². The molecule has 10 nitrogen and oxygen atoms in total. The number of halogens is 1. The van der Waals surface area contributed by atoms with Crippen LogP contribution in [0.4, 0.5) is 0 Å². The third-order valence-corrected chi connectivity index (χ3v) is 6.37. The molecule has 1 heterocycles. The number of alkyl halides is 1. The van der Waals surface area contributed by atoms with E-state index in [-0.39, 0.29) is 27.1 Å². The summed E-state index contributed by atoms with van der Waals surface area (Å²) in [5.74, 6) is 0.589. The fourth-order valence-electron chi connectivity index (χ4n) is 2.77. The second-order valence-corrected chi connectivity index (χ2v) is 10.2. The molecule has 0 radical (unpaired) electrons. The van der Waals surface area contributed by atoms with Crippen molar-refractivity contribution in [2.24, 2.45) is 5.92 Å². The molecule has 0 spiro atoms. The molecule has 0 aliphatic carbocycles. The van der Waals surface area contributed by atoms with Crippen LogP contribution in [0, 0.1) is 5.92 Å². The summed E-state index contributed by atoms with van der Waals surface area (Å²) >= 11 is -0.351. The standard InChI is InChI=1S/C22H40IN4O6/c1-19(2)17-27-20(16-24-25-27)18-33-15-14-32-13-12-31-11-10-30-9-8-26(4)22(29)7-5-6-21(28)23-3/h16,19H,5-15,17-18H2,1-4H3/q-1/p+1. The van der Waals surface area contributed by atoms with Crippen LogP contribution in [0.3, 0.4) is 0 Å². The van der Waals surface area contributed by atoms with Gasteiger partial charge >= 0.3 is 112 Å². The molecule has 0 unspecified atom stereocenters. The molecule has 0 saturated heterocycles. The van der Waals surface area contributed by atoms with Crippen LogP contribution in [-0.4, -0.2) is 89.7 Å². The SMILES string of the molecule is C[I-]C(=O)CCCC(=O)N(C)CCOCCOCCOCCOCc1cn[nH][n+]1CC(C)C. The van der Waals surface area contributed by atoms with Crippen molar-refractivity contribution in [3.8, 4) is 0 Å². The number of carbonyl (C=O) groups excluding carboxylic acids is 2. The van der Waals surface area contributed by atoms with Gasteiger partial charge in [0, 0.05) is 5.10 Å². The summed E-state index contributed by atoms with van der Waals surface area (Å²) < 4.78 is 24.4. The Labute approximate surface area is 207 Å². The molecule has 1 aromatic rings. The van der Waals surface area contributed by atoms with E-state index in [0.717, 1.165) is 12.2 Å². The summed E-state index contributed by atoms with van der Waals surface area (Å²) in [6.45, 7) is 9.68. The smallest absolute Gasteiger partial charge is 0.377 e. The molecule has 0 aromatic carbocycles. The van der Waals surface area contributed by atoms with E-state index in [9.17, 15) is 9.59 Å². The second-order valence-electron chi connectivity index (χ2n) is 7.96. The van der Waals surface area contributed by atoms with E-state index in [1.807, 2.05) is 9.61 Å². The van der Waals surface area contributed by atoms with Gasteiger partial charge in [0.2, 0.25) is 6.20 Å². The maximum atomic E-state index is 12.0. The first-order valence-corrected chi connectivity index (χ1v) is 14.7. The first kappa shape index (κ1) is 29.9. The van der Waals surface area contributed by atoms with E-state index in [1.165, 1.54) is 0 Å². The number of H-pyrrole nitrogens is 1. The van der Waals surface area contributed by atoms with Crippen LogP contribution in [0.1, 0.15) is 38.8 Å². The first-order valence-electron chi connectivity index (χ1n) is 11.4. The van der Waals surface area contributed by atoms with E-state index in [2.05, 4.69) is 24.2 Å². The van der Waals surface area contributed by atoms with E-state index >= 15 is 0 Å². The third kappa shape index (κ3) is 15.4. The fourth-order valence-corrected chi connectivity index (χ4v) is 3.69. The van der Waals surface area contributed by atoms with Crippen molar-refractivity contribution in [3.63, 3.8) is 0 Å². The number of nitrogens with one attached hydrogen (secondary N) is 1. The number of hydrogen-bond acceptors (Lipinski definition) is 7. The molecule has 0 bridgehead atoms. The topological polar surface area (TPSA) is 107 Å². The zero-order valence-electron chi connectivity index (χ0n) is 20.5. The summed E-state index contributed by atoms with van der Waals surface area (Å²) in [7, 11) is 1.76. The number of aromatic amines is 1. The molecule has 11 heteroatoms. The number of ether oxygens (including phenoxy) is 4. The van der Waals surface area contributed by atoms with Gasteiger partial charge in [0.1, 0.15) is 13.2 Å².